The van der Waals surface area contributed by atoms with Gasteiger partial charge in [-0.3, -0.25) is 4.98 Å². The van der Waals surface area contributed by atoms with E-state index < -0.39 is 11.6 Å². The molecule has 0 aliphatic rings. The van der Waals surface area contributed by atoms with Crippen LogP contribution in [0.1, 0.15) is 11.1 Å². The second-order valence-electron chi connectivity index (χ2n) is 3.85. The molecular formula is C13H11BrF2N2. The van der Waals surface area contributed by atoms with Gasteiger partial charge in [-0.15, -0.1) is 0 Å². The van der Waals surface area contributed by atoms with E-state index in [4.69, 9.17) is 0 Å². The van der Waals surface area contributed by atoms with Gasteiger partial charge < -0.3 is 5.32 Å². The number of pyridine rings is 1. The summed E-state index contributed by atoms with van der Waals surface area (Å²) in [6.07, 6.45) is 3.41. The Morgan fingerprint density at radius 2 is 1.94 bits per heavy atom. The summed E-state index contributed by atoms with van der Waals surface area (Å²) in [6, 6.07) is 5.35. The van der Waals surface area contributed by atoms with Crippen LogP contribution in [0.3, 0.4) is 0 Å². The van der Waals surface area contributed by atoms with Gasteiger partial charge in [-0.2, -0.15) is 0 Å². The second-order valence-corrected chi connectivity index (χ2v) is 4.77. The first-order valence-electron chi connectivity index (χ1n) is 5.39. The smallest absolute Gasteiger partial charge is 0.127 e. The number of halogens is 3. The van der Waals surface area contributed by atoms with E-state index >= 15 is 0 Å². The van der Waals surface area contributed by atoms with Gasteiger partial charge in [0.05, 0.1) is 0 Å². The molecule has 18 heavy (non-hydrogen) atoms. The lowest BCUT2D eigenvalue weighted by Gasteiger charge is -2.06. The van der Waals surface area contributed by atoms with Gasteiger partial charge in [0.25, 0.3) is 0 Å². The summed E-state index contributed by atoms with van der Waals surface area (Å²) in [6.45, 7) is 0.818. The second kappa shape index (κ2) is 6.02. The highest BCUT2D eigenvalue weighted by Crippen LogP contribution is 2.11. The van der Waals surface area contributed by atoms with Crippen molar-refractivity contribution >= 4 is 15.9 Å². The quantitative estimate of drug-likeness (QED) is 0.936. The molecule has 0 saturated carbocycles. The summed E-state index contributed by atoms with van der Waals surface area (Å²) in [7, 11) is 0. The zero-order valence-corrected chi connectivity index (χ0v) is 11.0. The lowest BCUT2D eigenvalue weighted by molar-refractivity contribution is 0.568. The lowest BCUT2D eigenvalue weighted by atomic mass is 10.2. The van der Waals surface area contributed by atoms with Crippen LogP contribution in [0.2, 0.25) is 0 Å². The third-order valence-corrected chi connectivity index (χ3v) is 2.85. The van der Waals surface area contributed by atoms with Gasteiger partial charge in [0.2, 0.25) is 0 Å². The molecule has 0 spiro atoms. The molecule has 0 fully saturated rings. The summed E-state index contributed by atoms with van der Waals surface area (Å²) >= 11 is 3.32. The molecule has 1 aromatic heterocycles. The summed E-state index contributed by atoms with van der Waals surface area (Å²) in [4.78, 5) is 4.02. The van der Waals surface area contributed by atoms with E-state index in [-0.39, 0.29) is 6.54 Å². The van der Waals surface area contributed by atoms with Crippen molar-refractivity contribution in [2.24, 2.45) is 0 Å². The number of aromatic nitrogens is 1. The fourth-order valence-corrected chi connectivity index (χ4v) is 1.99. The molecule has 2 rings (SSSR count). The molecule has 0 saturated heterocycles. The summed E-state index contributed by atoms with van der Waals surface area (Å²) < 4.78 is 27.2. The molecule has 0 radical (unpaired) electrons. The lowest BCUT2D eigenvalue weighted by Crippen LogP contribution is -2.14. The highest BCUT2D eigenvalue weighted by molar-refractivity contribution is 9.10. The van der Waals surface area contributed by atoms with E-state index in [9.17, 15) is 8.78 Å². The Balaban J connectivity index is 1.94. The zero-order chi connectivity index (χ0) is 13.0. The minimum Gasteiger partial charge on any atom is -0.308 e. The molecule has 0 unspecified atom stereocenters. The van der Waals surface area contributed by atoms with Crippen molar-refractivity contribution in [2.45, 2.75) is 13.1 Å². The maximum Gasteiger partial charge on any atom is 0.127 e. The van der Waals surface area contributed by atoms with E-state index in [1.54, 1.807) is 12.4 Å². The Bertz CT molecular complexity index is 546. The van der Waals surface area contributed by atoms with Crippen LogP contribution < -0.4 is 5.32 Å². The van der Waals surface area contributed by atoms with Crippen molar-refractivity contribution in [3.05, 3.63) is 63.9 Å². The van der Waals surface area contributed by atoms with Gasteiger partial charge in [0.15, 0.2) is 0 Å². The zero-order valence-electron chi connectivity index (χ0n) is 9.46. The normalized spacial score (nSPS) is 10.6. The average Bonchev–Trinajstić information content (AvgIpc) is 2.34. The van der Waals surface area contributed by atoms with Gasteiger partial charge >= 0.3 is 0 Å². The van der Waals surface area contributed by atoms with Crippen LogP contribution >= 0.6 is 15.9 Å². The van der Waals surface area contributed by atoms with Crippen molar-refractivity contribution in [2.75, 3.05) is 0 Å². The minimum atomic E-state index is -0.433. The molecule has 1 N–H and O–H groups in total. The first-order chi connectivity index (χ1) is 8.65. The molecule has 0 atom stereocenters. The molecule has 0 aliphatic carbocycles. The van der Waals surface area contributed by atoms with Crippen molar-refractivity contribution in [3.63, 3.8) is 0 Å². The molecule has 0 amide bonds. The largest absolute Gasteiger partial charge is 0.308 e. The molecule has 1 heterocycles. The third kappa shape index (κ3) is 3.58. The molecule has 5 heteroatoms. The maximum absolute atomic E-state index is 13.3. The van der Waals surface area contributed by atoms with Crippen molar-refractivity contribution in [1.29, 1.82) is 0 Å². The van der Waals surface area contributed by atoms with Crippen LogP contribution in [0.4, 0.5) is 8.78 Å². The van der Waals surface area contributed by atoms with E-state index in [2.05, 4.69) is 26.2 Å². The molecule has 94 valence electrons. The summed E-state index contributed by atoms with van der Waals surface area (Å²) in [5.74, 6) is -0.839. The van der Waals surface area contributed by atoms with Crippen molar-refractivity contribution in [3.8, 4) is 0 Å². The summed E-state index contributed by atoms with van der Waals surface area (Å²) in [5, 5.41) is 3.05. The van der Waals surface area contributed by atoms with Gasteiger partial charge in [-0.25, -0.2) is 8.78 Å². The number of benzene rings is 1. The van der Waals surface area contributed by atoms with Gasteiger partial charge in [0.1, 0.15) is 11.6 Å². The van der Waals surface area contributed by atoms with Gasteiger partial charge in [0, 0.05) is 35.5 Å². The van der Waals surface area contributed by atoms with Crippen molar-refractivity contribution in [1.82, 2.24) is 10.3 Å². The molecule has 2 nitrogen and oxygen atoms in total. The molecule has 0 bridgehead atoms. The topological polar surface area (TPSA) is 24.9 Å². The molecule has 0 aliphatic heterocycles. The molecule has 2 aromatic rings. The standard InChI is InChI=1S/C13H11BrF2N2/c14-11-3-9(6-18-8-11)5-17-7-10-4-12(15)1-2-13(10)16/h1-4,6,8,17H,5,7H2. The predicted octanol–water partition coefficient (Wildman–Crippen LogP) is 3.41. The molecular weight excluding hydrogens is 302 g/mol. The number of rotatable bonds is 4. The fourth-order valence-electron chi connectivity index (χ4n) is 1.57. The van der Waals surface area contributed by atoms with E-state index in [1.165, 1.54) is 6.07 Å². The van der Waals surface area contributed by atoms with E-state index in [0.717, 1.165) is 22.2 Å². The minimum absolute atomic E-state index is 0.274. The number of nitrogens with one attached hydrogen (secondary N) is 1. The molecule has 1 aromatic carbocycles. The Labute approximate surface area is 112 Å². The maximum atomic E-state index is 13.3. The SMILES string of the molecule is Fc1ccc(F)c(CNCc2cncc(Br)c2)c1. The van der Waals surface area contributed by atoms with Crippen molar-refractivity contribution < 1.29 is 8.78 Å². The van der Waals surface area contributed by atoms with Crippen LogP contribution in [-0.2, 0) is 13.1 Å². The van der Waals surface area contributed by atoms with Crippen LogP contribution in [0.25, 0.3) is 0 Å². The monoisotopic (exact) mass is 312 g/mol. The van der Waals surface area contributed by atoms with Crippen LogP contribution in [0, 0.1) is 11.6 Å². The van der Waals surface area contributed by atoms with E-state index in [1.807, 2.05) is 6.07 Å². The van der Waals surface area contributed by atoms with Crippen LogP contribution in [0.5, 0.6) is 0 Å². The number of nitrogens with zero attached hydrogens (tertiary/aromatic N) is 1. The first kappa shape index (κ1) is 13.1. The van der Waals surface area contributed by atoms with Gasteiger partial charge in [-0.05, 0) is 45.8 Å². The summed E-state index contributed by atoms with van der Waals surface area (Å²) in [5.41, 5.74) is 1.29. The first-order valence-corrected chi connectivity index (χ1v) is 6.18. The van der Waals surface area contributed by atoms with Crippen LogP contribution in [-0.4, -0.2) is 4.98 Å². The fraction of sp³-hybridized carbons (Fsp3) is 0.154. The average molecular weight is 313 g/mol. The van der Waals surface area contributed by atoms with Gasteiger partial charge in [-0.1, -0.05) is 0 Å². The highest BCUT2D eigenvalue weighted by atomic mass is 79.9. The number of hydrogen-bond donors (Lipinski definition) is 1. The Morgan fingerprint density at radius 1 is 1.11 bits per heavy atom. The van der Waals surface area contributed by atoms with E-state index in [0.29, 0.717) is 12.1 Å². The number of hydrogen-bond acceptors (Lipinski definition) is 2. The Morgan fingerprint density at radius 3 is 2.72 bits per heavy atom. The highest BCUT2D eigenvalue weighted by Gasteiger charge is 2.03. The van der Waals surface area contributed by atoms with Crippen LogP contribution in [0.15, 0.2) is 41.1 Å². The Kier molecular flexibility index (Phi) is 4.38. The Hall–Kier alpha value is -1.33. The third-order valence-electron chi connectivity index (χ3n) is 2.41. The predicted molar refractivity (Wildman–Crippen MR) is 68.8 cm³/mol.